The highest BCUT2D eigenvalue weighted by Crippen LogP contribution is 2.34. The first-order chi connectivity index (χ1) is 8.89. The van der Waals surface area contributed by atoms with Gasteiger partial charge in [0.05, 0.1) is 12.0 Å². The zero-order chi connectivity index (χ0) is 14.0. The first kappa shape index (κ1) is 14.6. The van der Waals surface area contributed by atoms with Gasteiger partial charge in [-0.05, 0) is 67.2 Å². The molecule has 0 radical (unpaired) electrons. The van der Waals surface area contributed by atoms with Gasteiger partial charge < -0.3 is 9.52 Å². The van der Waals surface area contributed by atoms with Gasteiger partial charge in [0, 0.05) is 6.54 Å². The maximum absolute atomic E-state index is 11.3. The molecule has 0 aliphatic carbocycles. The molecule has 1 N–H and O–H groups in total. The molecule has 0 aromatic carbocycles. The van der Waals surface area contributed by atoms with Crippen molar-refractivity contribution in [2.75, 3.05) is 13.1 Å². The molecule has 1 aliphatic rings. The largest absolute Gasteiger partial charge is 0.481 e. The van der Waals surface area contributed by atoms with E-state index in [0.29, 0.717) is 0 Å². The van der Waals surface area contributed by atoms with Gasteiger partial charge >= 0.3 is 5.97 Å². The topological polar surface area (TPSA) is 53.7 Å². The third kappa shape index (κ3) is 3.39. The highest BCUT2D eigenvalue weighted by atomic mass is 79.9. The van der Waals surface area contributed by atoms with E-state index in [-0.39, 0.29) is 5.92 Å². The molecule has 2 heterocycles. The molecule has 1 saturated heterocycles. The lowest BCUT2D eigenvalue weighted by Gasteiger charge is -2.38. The summed E-state index contributed by atoms with van der Waals surface area (Å²) < 4.78 is 6.25. The third-order valence-corrected chi connectivity index (χ3v) is 4.51. The number of piperidine rings is 1. The number of aliphatic carboxylic acids is 1. The second-order valence-electron chi connectivity index (χ2n) is 5.81. The van der Waals surface area contributed by atoms with Gasteiger partial charge in [-0.15, -0.1) is 0 Å². The Bertz CT molecular complexity index is 455. The number of carbonyl (C=O) groups is 1. The maximum atomic E-state index is 11.3. The zero-order valence-electron chi connectivity index (χ0n) is 11.4. The maximum Gasteiger partial charge on any atom is 0.309 e. The van der Waals surface area contributed by atoms with Crippen LogP contribution in [0.4, 0.5) is 0 Å². The van der Waals surface area contributed by atoms with Crippen molar-refractivity contribution in [3.63, 3.8) is 0 Å². The molecule has 1 aliphatic heterocycles. The number of furan rings is 1. The number of rotatable bonds is 4. The molecular weight excluding hydrogens is 310 g/mol. The summed E-state index contributed by atoms with van der Waals surface area (Å²) in [6.07, 6.45) is 2.03. The van der Waals surface area contributed by atoms with E-state index in [1.807, 2.05) is 26.0 Å². The highest BCUT2D eigenvalue weighted by molar-refractivity contribution is 9.10. The molecule has 0 spiro atoms. The van der Waals surface area contributed by atoms with Crippen LogP contribution in [0.15, 0.2) is 21.2 Å². The van der Waals surface area contributed by atoms with Gasteiger partial charge in [0.2, 0.25) is 0 Å². The molecule has 0 amide bonds. The minimum atomic E-state index is -0.708. The van der Waals surface area contributed by atoms with Crippen LogP contribution in [-0.2, 0) is 11.3 Å². The summed E-state index contributed by atoms with van der Waals surface area (Å²) >= 11 is 3.30. The van der Waals surface area contributed by atoms with Crippen LogP contribution >= 0.6 is 15.9 Å². The Morgan fingerprint density at radius 1 is 1.58 bits per heavy atom. The Balaban J connectivity index is 1.99. The first-order valence-electron chi connectivity index (χ1n) is 6.59. The van der Waals surface area contributed by atoms with E-state index in [2.05, 4.69) is 20.8 Å². The van der Waals surface area contributed by atoms with Crippen molar-refractivity contribution in [2.45, 2.75) is 33.2 Å². The Kier molecular flexibility index (Phi) is 4.36. The molecule has 0 bridgehead atoms. The summed E-state index contributed by atoms with van der Waals surface area (Å²) in [5.41, 5.74) is -0.664. The van der Waals surface area contributed by atoms with Crippen LogP contribution in [0.3, 0.4) is 0 Å². The van der Waals surface area contributed by atoms with Crippen LogP contribution in [0, 0.1) is 11.3 Å². The van der Waals surface area contributed by atoms with Crippen LogP contribution in [0.25, 0.3) is 0 Å². The number of hydrogen-bond acceptors (Lipinski definition) is 3. The summed E-state index contributed by atoms with van der Waals surface area (Å²) in [5, 5.41) is 9.33. The normalized spacial score (nSPS) is 21.5. The molecule has 106 valence electrons. The lowest BCUT2D eigenvalue weighted by Crippen LogP contribution is -2.44. The van der Waals surface area contributed by atoms with Gasteiger partial charge in [-0.25, -0.2) is 0 Å². The molecule has 5 heteroatoms. The van der Waals surface area contributed by atoms with Crippen LogP contribution in [-0.4, -0.2) is 29.1 Å². The predicted octanol–water partition coefficient (Wildman–Crippen LogP) is 3.36. The quantitative estimate of drug-likeness (QED) is 0.920. The van der Waals surface area contributed by atoms with Crippen LogP contribution in [0.1, 0.15) is 32.4 Å². The van der Waals surface area contributed by atoms with E-state index in [4.69, 9.17) is 4.42 Å². The average molecular weight is 330 g/mol. The zero-order valence-corrected chi connectivity index (χ0v) is 12.9. The summed E-state index contributed by atoms with van der Waals surface area (Å²) in [7, 11) is 0. The number of hydrogen-bond donors (Lipinski definition) is 1. The minimum Gasteiger partial charge on any atom is -0.481 e. The van der Waals surface area contributed by atoms with E-state index >= 15 is 0 Å². The predicted molar refractivity (Wildman–Crippen MR) is 75.8 cm³/mol. The van der Waals surface area contributed by atoms with Gasteiger partial charge in [0.25, 0.3) is 0 Å². The summed E-state index contributed by atoms with van der Waals surface area (Å²) in [5.74, 6) is 0.401. The SMILES string of the molecule is CC(C)(C(=O)O)C1CCCN(Cc2ccc(Br)o2)C1. The molecular formula is C14H20BrNO3. The summed E-state index contributed by atoms with van der Waals surface area (Å²) in [6, 6.07) is 3.84. The molecule has 0 saturated carbocycles. The number of carboxylic acid groups (broad SMARTS) is 1. The van der Waals surface area contributed by atoms with Gasteiger partial charge in [-0.3, -0.25) is 9.69 Å². The number of likely N-dealkylation sites (tertiary alicyclic amines) is 1. The first-order valence-corrected chi connectivity index (χ1v) is 7.39. The smallest absolute Gasteiger partial charge is 0.309 e. The monoisotopic (exact) mass is 329 g/mol. The van der Waals surface area contributed by atoms with Crippen molar-refractivity contribution in [3.8, 4) is 0 Å². The molecule has 2 rings (SSSR count). The van der Waals surface area contributed by atoms with Crippen molar-refractivity contribution < 1.29 is 14.3 Å². The van der Waals surface area contributed by atoms with Crippen molar-refractivity contribution in [3.05, 3.63) is 22.6 Å². The van der Waals surface area contributed by atoms with Crippen molar-refractivity contribution in [1.82, 2.24) is 4.90 Å². The fraction of sp³-hybridized carbons (Fsp3) is 0.643. The van der Waals surface area contributed by atoms with Crippen molar-refractivity contribution >= 4 is 21.9 Å². The van der Waals surface area contributed by atoms with Crippen LogP contribution < -0.4 is 0 Å². The molecule has 1 fully saturated rings. The van der Waals surface area contributed by atoms with Gasteiger partial charge in [0.1, 0.15) is 5.76 Å². The van der Waals surface area contributed by atoms with E-state index in [0.717, 1.165) is 42.9 Å². The Hall–Kier alpha value is -0.810. The van der Waals surface area contributed by atoms with E-state index in [1.54, 1.807) is 0 Å². The molecule has 1 aromatic heterocycles. The Labute approximate surface area is 121 Å². The Morgan fingerprint density at radius 2 is 2.32 bits per heavy atom. The lowest BCUT2D eigenvalue weighted by molar-refractivity contribution is -0.151. The second-order valence-corrected chi connectivity index (χ2v) is 6.59. The highest BCUT2D eigenvalue weighted by Gasteiger charge is 2.39. The molecule has 4 nitrogen and oxygen atoms in total. The Morgan fingerprint density at radius 3 is 2.89 bits per heavy atom. The number of carboxylic acids is 1. The average Bonchev–Trinajstić information content (AvgIpc) is 2.75. The fourth-order valence-corrected chi connectivity index (χ4v) is 2.96. The third-order valence-electron chi connectivity index (χ3n) is 4.09. The summed E-state index contributed by atoms with van der Waals surface area (Å²) in [6.45, 7) is 6.22. The minimum absolute atomic E-state index is 0.192. The van der Waals surface area contributed by atoms with Crippen LogP contribution in [0.5, 0.6) is 0 Å². The van der Waals surface area contributed by atoms with E-state index in [1.165, 1.54) is 0 Å². The molecule has 19 heavy (non-hydrogen) atoms. The standard InChI is InChI=1S/C14H20BrNO3/c1-14(2,13(17)18)10-4-3-7-16(8-10)9-11-5-6-12(15)19-11/h5-6,10H,3-4,7-9H2,1-2H3,(H,17,18). The number of halogens is 1. The van der Waals surface area contributed by atoms with E-state index in [9.17, 15) is 9.90 Å². The van der Waals surface area contributed by atoms with Gasteiger partial charge in [0.15, 0.2) is 4.67 Å². The fourth-order valence-electron chi connectivity index (χ4n) is 2.62. The van der Waals surface area contributed by atoms with Crippen molar-refractivity contribution in [1.29, 1.82) is 0 Å². The molecule has 1 atom stereocenters. The molecule has 1 unspecified atom stereocenters. The second kappa shape index (κ2) is 5.67. The molecule has 1 aromatic rings. The van der Waals surface area contributed by atoms with Gasteiger partial charge in [-0.2, -0.15) is 0 Å². The summed E-state index contributed by atoms with van der Waals surface area (Å²) in [4.78, 5) is 13.6. The van der Waals surface area contributed by atoms with E-state index < -0.39 is 11.4 Å². The van der Waals surface area contributed by atoms with Gasteiger partial charge in [-0.1, -0.05) is 0 Å². The lowest BCUT2D eigenvalue weighted by atomic mass is 9.74. The van der Waals surface area contributed by atoms with Crippen LogP contribution in [0.2, 0.25) is 0 Å². The van der Waals surface area contributed by atoms with Crippen molar-refractivity contribution in [2.24, 2.45) is 11.3 Å². The number of nitrogens with zero attached hydrogens (tertiary/aromatic N) is 1.